The molecule has 0 bridgehead atoms. The lowest BCUT2D eigenvalue weighted by molar-refractivity contribution is -0.120. The van der Waals surface area contributed by atoms with Gasteiger partial charge in [-0.25, -0.2) is 12.7 Å². The third kappa shape index (κ3) is 7.41. The Morgan fingerprint density at radius 2 is 1.46 bits per heavy atom. The van der Waals surface area contributed by atoms with Crippen molar-refractivity contribution < 1.29 is 17.9 Å². The number of nitrogens with zero attached hydrogens (tertiary/aromatic N) is 1. The van der Waals surface area contributed by atoms with E-state index in [1.807, 2.05) is 84.9 Å². The Hall–Kier alpha value is -3.16. The van der Waals surface area contributed by atoms with Crippen molar-refractivity contribution in [1.82, 2.24) is 4.31 Å². The standard InChI is InChI=1S/C28H32N2O4S/c31-28(29-26-13-15-27(16-14-26)34-22-24-10-5-2-6-11-24)25-17-19-30(20-18-25)35(32,33)21-7-12-23-8-3-1-4-9-23/h1-6,8-11,13-16,25H,7,12,17-22H2,(H,29,31). The number of rotatable bonds is 10. The highest BCUT2D eigenvalue weighted by Gasteiger charge is 2.30. The lowest BCUT2D eigenvalue weighted by Crippen LogP contribution is -2.42. The summed E-state index contributed by atoms with van der Waals surface area (Å²) in [5, 5.41) is 2.96. The molecule has 35 heavy (non-hydrogen) atoms. The first kappa shape index (κ1) is 24.9. The molecular formula is C28H32N2O4S. The number of hydrogen-bond donors (Lipinski definition) is 1. The number of carbonyl (C=O) groups is 1. The van der Waals surface area contributed by atoms with Gasteiger partial charge in [0.05, 0.1) is 5.75 Å². The van der Waals surface area contributed by atoms with Gasteiger partial charge in [-0.3, -0.25) is 4.79 Å². The maximum Gasteiger partial charge on any atom is 0.227 e. The summed E-state index contributed by atoms with van der Waals surface area (Å²) in [6.07, 6.45) is 2.40. The van der Waals surface area contributed by atoms with Crippen LogP contribution in [-0.2, 0) is 27.8 Å². The maximum absolute atomic E-state index is 12.7. The van der Waals surface area contributed by atoms with E-state index in [1.165, 1.54) is 0 Å². The van der Waals surface area contributed by atoms with Gasteiger partial charge in [0, 0.05) is 24.7 Å². The zero-order chi connectivity index (χ0) is 24.5. The molecule has 0 spiro atoms. The first-order chi connectivity index (χ1) is 17.0. The van der Waals surface area contributed by atoms with Crippen molar-refractivity contribution in [1.29, 1.82) is 0 Å². The molecule has 4 rings (SSSR count). The minimum absolute atomic E-state index is 0.0657. The number of aryl methyl sites for hydroxylation is 1. The van der Waals surface area contributed by atoms with Crippen LogP contribution in [0.5, 0.6) is 5.75 Å². The molecule has 0 radical (unpaired) electrons. The van der Waals surface area contributed by atoms with Crippen molar-refractivity contribution in [2.24, 2.45) is 5.92 Å². The Balaban J connectivity index is 1.20. The van der Waals surface area contributed by atoms with Crippen molar-refractivity contribution >= 4 is 21.6 Å². The van der Waals surface area contributed by atoms with Gasteiger partial charge in [-0.2, -0.15) is 0 Å². The van der Waals surface area contributed by atoms with Crippen molar-refractivity contribution in [2.75, 3.05) is 24.2 Å². The van der Waals surface area contributed by atoms with Crippen LogP contribution in [0.15, 0.2) is 84.9 Å². The average Bonchev–Trinajstić information content (AvgIpc) is 2.89. The van der Waals surface area contributed by atoms with E-state index >= 15 is 0 Å². The minimum atomic E-state index is -3.30. The highest BCUT2D eigenvalue weighted by Crippen LogP contribution is 2.23. The monoisotopic (exact) mass is 492 g/mol. The Kier molecular flexibility index (Phi) is 8.55. The number of anilines is 1. The van der Waals surface area contributed by atoms with Crippen LogP contribution in [0.25, 0.3) is 0 Å². The van der Waals surface area contributed by atoms with E-state index in [0.717, 1.165) is 23.3 Å². The van der Waals surface area contributed by atoms with Gasteiger partial charge in [0.25, 0.3) is 0 Å². The number of amides is 1. The van der Waals surface area contributed by atoms with Crippen LogP contribution in [0.3, 0.4) is 0 Å². The topological polar surface area (TPSA) is 75.7 Å². The fraction of sp³-hybridized carbons (Fsp3) is 0.321. The van der Waals surface area contributed by atoms with Crippen LogP contribution in [0.4, 0.5) is 5.69 Å². The first-order valence-corrected chi connectivity index (χ1v) is 13.7. The predicted molar refractivity (Wildman–Crippen MR) is 139 cm³/mol. The molecule has 1 N–H and O–H groups in total. The van der Waals surface area contributed by atoms with Crippen LogP contribution in [0, 0.1) is 5.92 Å². The normalized spacial score (nSPS) is 15.0. The third-order valence-electron chi connectivity index (χ3n) is 6.30. The molecule has 0 atom stereocenters. The molecule has 184 valence electrons. The SMILES string of the molecule is O=C(Nc1ccc(OCc2ccccc2)cc1)C1CCN(S(=O)(=O)CCCc2ccccc2)CC1. The van der Waals surface area contributed by atoms with Gasteiger partial charge in [-0.1, -0.05) is 60.7 Å². The van der Waals surface area contributed by atoms with Crippen LogP contribution in [0.2, 0.25) is 0 Å². The Morgan fingerprint density at radius 1 is 0.857 bits per heavy atom. The molecule has 0 unspecified atom stereocenters. The number of benzene rings is 3. The van der Waals surface area contributed by atoms with Gasteiger partial charge in [0.2, 0.25) is 15.9 Å². The van der Waals surface area contributed by atoms with E-state index in [-0.39, 0.29) is 17.6 Å². The molecule has 1 heterocycles. The fourth-order valence-corrected chi connectivity index (χ4v) is 5.78. The molecule has 0 aliphatic carbocycles. The lowest BCUT2D eigenvalue weighted by Gasteiger charge is -2.30. The fourth-order valence-electron chi connectivity index (χ4n) is 4.25. The second kappa shape index (κ2) is 12.0. The Labute approximate surface area is 208 Å². The first-order valence-electron chi connectivity index (χ1n) is 12.1. The van der Waals surface area contributed by atoms with Gasteiger partial charge in [-0.05, 0) is 61.1 Å². The number of carbonyl (C=O) groups excluding carboxylic acids is 1. The highest BCUT2D eigenvalue weighted by atomic mass is 32.2. The van der Waals surface area contributed by atoms with E-state index in [4.69, 9.17) is 4.74 Å². The summed E-state index contributed by atoms with van der Waals surface area (Å²) in [6, 6.07) is 27.2. The van der Waals surface area contributed by atoms with Gasteiger partial charge in [-0.15, -0.1) is 0 Å². The van der Waals surface area contributed by atoms with Crippen LogP contribution in [-0.4, -0.2) is 37.5 Å². The number of piperidine rings is 1. The molecule has 0 saturated carbocycles. The molecule has 1 fully saturated rings. The summed E-state index contributed by atoms with van der Waals surface area (Å²) in [4.78, 5) is 12.7. The van der Waals surface area contributed by atoms with Gasteiger partial charge < -0.3 is 10.1 Å². The lowest BCUT2D eigenvalue weighted by atomic mass is 9.97. The van der Waals surface area contributed by atoms with E-state index in [2.05, 4.69) is 5.32 Å². The van der Waals surface area contributed by atoms with Crippen molar-refractivity contribution in [3.05, 3.63) is 96.1 Å². The Morgan fingerprint density at radius 3 is 2.09 bits per heavy atom. The summed E-state index contributed by atoms with van der Waals surface area (Å²) in [6.45, 7) is 1.26. The largest absolute Gasteiger partial charge is 0.489 e. The molecule has 6 nitrogen and oxygen atoms in total. The molecule has 3 aromatic carbocycles. The smallest absolute Gasteiger partial charge is 0.227 e. The summed E-state index contributed by atoms with van der Waals surface area (Å²) < 4.78 is 32.8. The average molecular weight is 493 g/mol. The number of hydrogen-bond acceptors (Lipinski definition) is 4. The molecule has 1 aliphatic heterocycles. The van der Waals surface area contributed by atoms with Crippen LogP contribution in [0.1, 0.15) is 30.4 Å². The third-order valence-corrected chi connectivity index (χ3v) is 8.26. The van der Waals surface area contributed by atoms with Crippen molar-refractivity contribution in [2.45, 2.75) is 32.3 Å². The summed E-state index contributed by atoms with van der Waals surface area (Å²) in [5.41, 5.74) is 2.95. The summed E-state index contributed by atoms with van der Waals surface area (Å²) >= 11 is 0. The summed E-state index contributed by atoms with van der Waals surface area (Å²) in [7, 11) is -3.30. The van der Waals surface area contributed by atoms with Gasteiger partial charge >= 0.3 is 0 Å². The number of nitrogens with one attached hydrogen (secondary N) is 1. The zero-order valence-corrected chi connectivity index (χ0v) is 20.6. The van der Waals surface area contributed by atoms with E-state index in [0.29, 0.717) is 44.6 Å². The van der Waals surface area contributed by atoms with Crippen molar-refractivity contribution in [3.8, 4) is 5.75 Å². The number of ether oxygens (including phenoxy) is 1. The molecule has 1 aliphatic rings. The van der Waals surface area contributed by atoms with Crippen LogP contribution < -0.4 is 10.1 Å². The van der Waals surface area contributed by atoms with Crippen molar-refractivity contribution in [3.63, 3.8) is 0 Å². The van der Waals surface area contributed by atoms with E-state index in [1.54, 1.807) is 4.31 Å². The predicted octanol–water partition coefficient (Wildman–Crippen LogP) is 4.88. The summed E-state index contributed by atoms with van der Waals surface area (Å²) in [5.74, 6) is 0.610. The molecule has 1 saturated heterocycles. The second-order valence-electron chi connectivity index (χ2n) is 8.87. The Bertz CT molecular complexity index is 1170. The minimum Gasteiger partial charge on any atom is -0.489 e. The van der Waals surface area contributed by atoms with E-state index < -0.39 is 10.0 Å². The molecule has 1 amide bonds. The van der Waals surface area contributed by atoms with Crippen LogP contribution >= 0.6 is 0 Å². The number of sulfonamides is 1. The molecule has 0 aromatic heterocycles. The molecule has 3 aromatic rings. The highest BCUT2D eigenvalue weighted by molar-refractivity contribution is 7.89. The molecule has 7 heteroatoms. The van der Waals surface area contributed by atoms with Gasteiger partial charge in [0.15, 0.2) is 0 Å². The maximum atomic E-state index is 12.7. The van der Waals surface area contributed by atoms with Gasteiger partial charge in [0.1, 0.15) is 12.4 Å². The molecular weight excluding hydrogens is 460 g/mol. The second-order valence-corrected chi connectivity index (χ2v) is 11.0. The van der Waals surface area contributed by atoms with E-state index in [9.17, 15) is 13.2 Å². The zero-order valence-electron chi connectivity index (χ0n) is 19.8. The quantitative estimate of drug-likeness (QED) is 0.438.